The molecular formula is C16H28N2O3. The van der Waals surface area contributed by atoms with Gasteiger partial charge in [0.2, 0.25) is 0 Å². The number of carbonyl (C=O) groups is 2. The second-order valence-corrected chi connectivity index (χ2v) is 8.04. The molecule has 5 heteroatoms. The van der Waals surface area contributed by atoms with Crippen molar-refractivity contribution >= 4 is 12.0 Å². The van der Waals surface area contributed by atoms with Gasteiger partial charge in [0.1, 0.15) is 5.54 Å². The summed E-state index contributed by atoms with van der Waals surface area (Å²) in [5, 5.41) is 15.2. The molecule has 3 N–H and O–H groups in total. The molecule has 0 aromatic heterocycles. The van der Waals surface area contributed by atoms with Gasteiger partial charge in [0.25, 0.3) is 0 Å². The van der Waals surface area contributed by atoms with E-state index in [1.807, 2.05) is 0 Å². The van der Waals surface area contributed by atoms with Crippen molar-refractivity contribution in [2.45, 2.75) is 71.9 Å². The summed E-state index contributed by atoms with van der Waals surface area (Å²) in [6.45, 7) is 10.6. The topological polar surface area (TPSA) is 78.4 Å². The van der Waals surface area contributed by atoms with Gasteiger partial charge in [-0.15, -0.1) is 0 Å². The number of hydrogen-bond donors (Lipinski definition) is 3. The Labute approximate surface area is 126 Å². The second kappa shape index (κ2) is 4.89. The van der Waals surface area contributed by atoms with Gasteiger partial charge in [-0.05, 0) is 42.4 Å². The van der Waals surface area contributed by atoms with Crippen molar-refractivity contribution in [2.24, 2.45) is 16.7 Å². The van der Waals surface area contributed by atoms with E-state index in [4.69, 9.17) is 0 Å². The first-order valence-electron chi connectivity index (χ1n) is 7.85. The summed E-state index contributed by atoms with van der Waals surface area (Å²) in [6, 6.07) is -0.269. The lowest BCUT2D eigenvalue weighted by molar-refractivity contribution is -0.146. The molecule has 0 heterocycles. The average molecular weight is 296 g/mol. The lowest BCUT2D eigenvalue weighted by Gasteiger charge is -2.36. The third-order valence-corrected chi connectivity index (χ3v) is 6.19. The molecule has 0 spiro atoms. The maximum atomic E-state index is 12.2. The van der Waals surface area contributed by atoms with E-state index in [1.165, 1.54) is 0 Å². The Balaban J connectivity index is 1.99. The van der Waals surface area contributed by atoms with Crippen LogP contribution in [-0.2, 0) is 4.79 Å². The normalized spacial score (nSPS) is 34.0. The zero-order chi connectivity index (χ0) is 16.1. The highest BCUT2D eigenvalue weighted by molar-refractivity contribution is 5.86. The first-order valence-corrected chi connectivity index (χ1v) is 7.85. The van der Waals surface area contributed by atoms with Gasteiger partial charge in [-0.2, -0.15) is 0 Å². The van der Waals surface area contributed by atoms with Crippen LogP contribution in [0, 0.1) is 16.7 Å². The van der Waals surface area contributed by atoms with Gasteiger partial charge in [-0.25, -0.2) is 9.59 Å². The standard InChI is InChI=1S/C16H28N2O3/c1-10-6-8-16(9-7-10,12(19)20)18-13(21)17-11-14(2,3)15(11,4)5/h10-11H,6-9H2,1-5H3,(H,19,20)(H2,17,18,21). The van der Waals surface area contributed by atoms with E-state index >= 15 is 0 Å². The third kappa shape index (κ3) is 2.62. The Kier molecular flexibility index (Phi) is 3.75. The fourth-order valence-electron chi connectivity index (χ4n) is 3.59. The lowest BCUT2D eigenvalue weighted by Crippen LogP contribution is -2.59. The molecule has 0 aromatic rings. The molecule has 21 heavy (non-hydrogen) atoms. The van der Waals surface area contributed by atoms with Crippen LogP contribution in [0.15, 0.2) is 0 Å². The molecule has 2 saturated carbocycles. The Morgan fingerprint density at radius 1 is 1.05 bits per heavy atom. The van der Waals surface area contributed by atoms with E-state index in [1.54, 1.807) is 0 Å². The monoisotopic (exact) mass is 296 g/mol. The molecule has 2 amide bonds. The number of rotatable bonds is 3. The third-order valence-electron chi connectivity index (χ3n) is 6.19. The van der Waals surface area contributed by atoms with Gasteiger partial charge in [-0.3, -0.25) is 0 Å². The first-order chi connectivity index (χ1) is 9.53. The zero-order valence-electron chi connectivity index (χ0n) is 13.7. The maximum Gasteiger partial charge on any atom is 0.329 e. The smallest absolute Gasteiger partial charge is 0.329 e. The van der Waals surface area contributed by atoms with Crippen molar-refractivity contribution in [1.29, 1.82) is 0 Å². The quantitative estimate of drug-likeness (QED) is 0.749. The van der Waals surface area contributed by atoms with Crippen LogP contribution in [-0.4, -0.2) is 28.7 Å². The van der Waals surface area contributed by atoms with Crippen LogP contribution < -0.4 is 10.6 Å². The molecule has 5 nitrogen and oxygen atoms in total. The molecule has 2 fully saturated rings. The summed E-state index contributed by atoms with van der Waals surface area (Å²) in [7, 11) is 0. The van der Waals surface area contributed by atoms with E-state index in [9.17, 15) is 14.7 Å². The van der Waals surface area contributed by atoms with Crippen molar-refractivity contribution in [1.82, 2.24) is 10.6 Å². The first kappa shape index (κ1) is 16.1. The fraction of sp³-hybridized carbons (Fsp3) is 0.875. The van der Waals surface area contributed by atoms with Crippen LogP contribution in [0.1, 0.15) is 60.3 Å². The van der Waals surface area contributed by atoms with Gasteiger partial charge in [-0.1, -0.05) is 34.6 Å². The molecule has 0 aromatic carbocycles. The number of carbonyl (C=O) groups excluding carboxylic acids is 1. The van der Waals surface area contributed by atoms with Gasteiger partial charge in [0.05, 0.1) is 0 Å². The largest absolute Gasteiger partial charge is 0.480 e. The van der Waals surface area contributed by atoms with Crippen molar-refractivity contribution in [3.05, 3.63) is 0 Å². The molecule has 2 aliphatic rings. The van der Waals surface area contributed by atoms with Gasteiger partial charge >= 0.3 is 12.0 Å². The highest BCUT2D eigenvalue weighted by Gasteiger charge is 2.65. The summed E-state index contributed by atoms with van der Waals surface area (Å²) in [5.74, 6) is -0.387. The zero-order valence-corrected chi connectivity index (χ0v) is 13.7. The Bertz CT molecular complexity index is 434. The van der Waals surface area contributed by atoms with Crippen molar-refractivity contribution < 1.29 is 14.7 Å². The molecule has 0 unspecified atom stereocenters. The Morgan fingerprint density at radius 2 is 1.52 bits per heavy atom. The highest BCUT2D eigenvalue weighted by Crippen LogP contribution is 2.62. The minimum atomic E-state index is -1.10. The van der Waals surface area contributed by atoms with Crippen LogP contribution in [0.4, 0.5) is 4.79 Å². The van der Waals surface area contributed by atoms with Crippen molar-refractivity contribution in [3.63, 3.8) is 0 Å². The molecule has 0 atom stereocenters. The van der Waals surface area contributed by atoms with Crippen LogP contribution in [0.3, 0.4) is 0 Å². The Hall–Kier alpha value is -1.26. The summed E-state index contributed by atoms with van der Waals surface area (Å²) >= 11 is 0. The highest BCUT2D eigenvalue weighted by atomic mass is 16.4. The van der Waals surface area contributed by atoms with Crippen molar-refractivity contribution in [3.8, 4) is 0 Å². The summed E-state index contributed by atoms with van der Waals surface area (Å²) in [4.78, 5) is 23.9. The number of amides is 2. The van der Waals surface area contributed by atoms with Crippen LogP contribution >= 0.6 is 0 Å². The summed E-state index contributed by atoms with van der Waals surface area (Å²) in [5.41, 5.74) is -1.01. The number of aliphatic carboxylic acids is 1. The molecule has 0 radical (unpaired) electrons. The number of carboxylic acids is 1. The SMILES string of the molecule is CC1CCC(NC(=O)NC2C(C)(C)C2(C)C)(C(=O)O)CC1. The number of nitrogens with one attached hydrogen (secondary N) is 2. The predicted molar refractivity (Wildman–Crippen MR) is 81.0 cm³/mol. The van der Waals surface area contributed by atoms with Crippen molar-refractivity contribution in [2.75, 3.05) is 0 Å². The van der Waals surface area contributed by atoms with E-state index in [-0.39, 0.29) is 22.9 Å². The van der Waals surface area contributed by atoms with Crippen LogP contribution in [0.5, 0.6) is 0 Å². The second-order valence-electron chi connectivity index (χ2n) is 8.04. The van der Waals surface area contributed by atoms with Crippen LogP contribution in [0.2, 0.25) is 0 Å². The molecule has 0 aliphatic heterocycles. The number of carboxylic acid groups (broad SMARTS) is 1. The average Bonchev–Trinajstić information content (AvgIpc) is 2.74. The molecule has 0 bridgehead atoms. The molecular weight excluding hydrogens is 268 g/mol. The molecule has 120 valence electrons. The molecule has 2 aliphatic carbocycles. The number of urea groups is 1. The maximum absolute atomic E-state index is 12.2. The number of hydrogen-bond acceptors (Lipinski definition) is 2. The Morgan fingerprint density at radius 3 is 1.90 bits per heavy atom. The summed E-state index contributed by atoms with van der Waals surface area (Å²) < 4.78 is 0. The lowest BCUT2D eigenvalue weighted by atomic mass is 9.77. The van der Waals surface area contributed by atoms with E-state index in [2.05, 4.69) is 45.3 Å². The minimum absolute atomic E-state index is 0.0435. The van der Waals surface area contributed by atoms with Gasteiger partial charge < -0.3 is 15.7 Å². The van der Waals surface area contributed by atoms with Crippen LogP contribution in [0.25, 0.3) is 0 Å². The minimum Gasteiger partial charge on any atom is -0.480 e. The molecule has 2 rings (SSSR count). The molecule has 0 saturated heterocycles. The van der Waals surface area contributed by atoms with Gasteiger partial charge in [0, 0.05) is 6.04 Å². The predicted octanol–water partition coefficient (Wildman–Crippen LogP) is 2.75. The van der Waals surface area contributed by atoms with E-state index < -0.39 is 11.5 Å². The van der Waals surface area contributed by atoms with E-state index in [0.29, 0.717) is 18.8 Å². The van der Waals surface area contributed by atoms with Gasteiger partial charge in [0.15, 0.2) is 0 Å². The van der Waals surface area contributed by atoms with E-state index in [0.717, 1.165) is 12.8 Å². The fourth-order valence-corrected chi connectivity index (χ4v) is 3.59. The summed E-state index contributed by atoms with van der Waals surface area (Å²) in [6.07, 6.45) is 2.70.